The maximum absolute atomic E-state index is 13.9. The van der Waals surface area contributed by atoms with E-state index in [2.05, 4.69) is 10.5 Å². The number of aliphatic hydroxyl groups is 3. The Balaban J connectivity index is 1.39. The number of fused-ring (bicyclic) bond motifs is 3. The van der Waals surface area contributed by atoms with E-state index in [9.17, 15) is 49.5 Å². The Bertz CT molecular complexity index is 1920. The number of hydrogen-bond acceptors (Lipinski definition) is 15. The van der Waals surface area contributed by atoms with E-state index in [1.165, 1.54) is 25.3 Å². The number of hydrazone groups is 1. The van der Waals surface area contributed by atoms with Gasteiger partial charge in [0.15, 0.2) is 5.78 Å². The molecular formula is C33H32N4O13. The summed E-state index contributed by atoms with van der Waals surface area (Å²) in [6.45, 7) is -1.20. The third-order valence-electron chi connectivity index (χ3n) is 9.02. The van der Waals surface area contributed by atoms with E-state index in [4.69, 9.17) is 19.9 Å². The number of nitrogens with one attached hydrogen (secondary N) is 1. The summed E-state index contributed by atoms with van der Waals surface area (Å²) < 4.78 is 16.8. The molecule has 17 heteroatoms. The lowest BCUT2D eigenvalue weighted by Gasteiger charge is -2.41. The molecule has 4 atom stereocenters. The van der Waals surface area contributed by atoms with Gasteiger partial charge in [-0.3, -0.25) is 28.9 Å². The van der Waals surface area contributed by atoms with E-state index in [1.54, 1.807) is 0 Å². The smallest absolute Gasteiger partial charge is 0.253 e. The van der Waals surface area contributed by atoms with Gasteiger partial charge in [-0.25, -0.2) is 5.43 Å². The van der Waals surface area contributed by atoms with Crippen molar-refractivity contribution in [2.75, 3.05) is 20.3 Å². The summed E-state index contributed by atoms with van der Waals surface area (Å²) in [4.78, 5) is 64.7. The first kappa shape index (κ1) is 34.3. The van der Waals surface area contributed by atoms with Gasteiger partial charge in [-0.15, -0.1) is 0 Å². The summed E-state index contributed by atoms with van der Waals surface area (Å²) in [5, 5.41) is 59.5. The number of aromatic hydroxyl groups is 2. The van der Waals surface area contributed by atoms with Crippen LogP contribution in [0.4, 0.5) is 0 Å². The van der Waals surface area contributed by atoms with Crippen LogP contribution >= 0.6 is 0 Å². The molecular weight excluding hydrogens is 660 g/mol. The predicted octanol–water partition coefficient (Wildman–Crippen LogP) is -0.130. The lowest BCUT2D eigenvalue weighted by molar-refractivity contribution is -0.170. The molecule has 3 unspecified atom stereocenters. The second-order valence-electron chi connectivity index (χ2n) is 12.0. The van der Waals surface area contributed by atoms with Crippen molar-refractivity contribution in [3.05, 3.63) is 75.8 Å². The minimum atomic E-state index is -2.22. The van der Waals surface area contributed by atoms with Crippen LogP contribution in [0.25, 0.3) is 0 Å². The van der Waals surface area contributed by atoms with E-state index >= 15 is 0 Å². The molecule has 3 amide bonds. The number of aliphatic hydroxyl groups excluding tert-OH is 2. The molecule has 50 heavy (non-hydrogen) atoms. The van der Waals surface area contributed by atoms with Crippen molar-refractivity contribution in [2.24, 2.45) is 10.8 Å². The molecule has 8 N–H and O–H groups in total. The first-order valence-corrected chi connectivity index (χ1v) is 15.3. The minimum Gasteiger partial charge on any atom is -0.507 e. The second-order valence-corrected chi connectivity index (χ2v) is 12.0. The molecule has 0 bridgehead atoms. The number of nitrogens with two attached hydrogens (primary N) is 1. The number of methoxy groups -OCH3 is 1. The number of nitrogens with zero attached hydrogens (tertiary/aromatic N) is 2. The Morgan fingerprint density at radius 3 is 2.44 bits per heavy atom. The van der Waals surface area contributed by atoms with Gasteiger partial charge in [0.25, 0.3) is 11.8 Å². The third-order valence-corrected chi connectivity index (χ3v) is 9.02. The zero-order valence-electron chi connectivity index (χ0n) is 26.4. The zero-order valence-corrected chi connectivity index (χ0v) is 26.4. The number of phenols is 2. The van der Waals surface area contributed by atoms with Crippen molar-refractivity contribution >= 4 is 35.0 Å². The molecule has 2 aliphatic heterocycles. The fourth-order valence-electron chi connectivity index (χ4n) is 6.48. The normalized spacial score (nSPS) is 24.3. The van der Waals surface area contributed by atoms with Crippen LogP contribution in [-0.4, -0.2) is 104 Å². The maximum atomic E-state index is 13.9. The SMILES string of the molecule is COc1cccc2c1C(=O)c1c(O)c3c(c(O)c1C2=O)CC(O)(/C(CO)=N/NC(=O)CCN1C(=O)C=CC1=O)C[C@@H]3OC1CC(N)C(O)=CO1. The lowest BCUT2D eigenvalue weighted by Crippen LogP contribution is -2.49. The lowest BCUT2D eigenvalue weighted by atomic mass is 9.71. The molecule has 0 saturated carbocycles. The van der Waals surface area contributed by atoms with Gasteiger partial charge in [-0.05, 0) is 6.07 Å². The molecule has 2 aliphatic carbocycles. The van der Waals surface area contributed by atoms with Crippen molar-refractivity contribution in [1.29, 1.82) is 0 Å². The Hall–Kier alpha value is -5.62. The first-order chi connectivity index (χ1) is 23.8. The number of amides is 3. The number of rotatable bonds is 9. The molecule has 262 valence electrons. The van der Waals surface area contributed by atoms with Gasteiger partial charge in [0, 0.05) is 61.1 Å². The molecule has 2 aromatic carbocycles. The number of imide groups is 1. The molecule has 17 nitrogen and oxygen atoms in total. The molecule has 2 aromatic rings. The molecule has 6 rings (SSSR count). The Labute approximate surface area is 282 Å². The van der Waals surface area contributed by atoms with Gasteiger partial charge < -0.3 is 45.5 Å². The van der Waals surface area contributed by atoms with E-state index < -0.39 is 101 Å². The fraction of sp³-hybridized carbons (Fsp3) is 0.333. The standard InChI is InChI=1S/C33H32N4O13/c1-48-18-4-2-3-14-25(18)31(45)28-27(29(14)43)30(44)15-10-33(47,11-19(26(15)32(28)46)50-24-9-16(34)17(39)13-49-24)20(12-38)35-36-21(40)7-8-37-22(41)5-6-23(37)42/h2-6,13,16,19,24,38-39,44,46-47H,7-12,34H2,1H3,(H,36,40)/b35-20+/t16?,19-,24?,33?/m0/s1. The third kappa shape index (κ3) is 5.75. The van der Waals surface area contributed by atoms with E-state index in [0.29, 0.717) is 0 Å². The van der Waals surface area contributed by atoms with Crippen LogP contribution in [0, 0.1) is 0 Å². The summed E-state index contributed by atoms with van der Waals surface area (Å²) in [5.74, 6) is -5.27. The molecule has 4 aliphatic rings. The van der Waals surface area contributed by atoms with Gasteiger partial charge in [-0.1, -0.05) is 12.1 Å². The number of ketones is 2. The number of carbonyl (C=O) groups is 5. The molecule has 0 spiro atoms. The summed E-state index contributed by atoms with van der Waals surface area (Å²) in [7, 11) is 1.30. The summed E-state index contributed by atoms with van der Waals surface area (Å²) in [6.07, 6.45) is -1.09. The second kappa shape index (κ2) is 13.0. The van der Waals surface area contributed by atoms with Crippen LogP contribution in [0.3, 0.4) is 0 Å². The van der Waals surface area contributed by atoms with Gasteiger partial charge in [0.2, 0.25) is 18.0 Å². The Morgan fingerprint density at radius 1 is 1.08 bits per heavy atom. The summed E-state index contributed by atoms with van der Waals surface area (Å²) >= 11 is 0. The van der Waals surface area contributed by atoms with Crippen molar-refractivity contribution in [1.82, 2.24) is 10.3 Å². The maximum Gasteiger partial charge on any atom is 0.253 e. The van der Waals surface area contributed by atoms with Crippen LogP contribution in [0.2, 0.25) is 0 Å². The first-order valence-electron chi connectivity index (χ1n) is 15.3. The van der Waals surface area contributed by atoms with Crippen LogP contribution in [0.15, 0.2) is 47.5 Å². The van der Waals surface area contributed by atoms with Crippen LogP contribution in [0.1, 0.15) is 68.3 Å². The van der Waals surface area contributed by atoms with Crippen LogP contribution < -0.4 is 15.9 Å². The number of carbonyl (C=O) groups excluding carboxylic acids is 5. The highest BCUT2D eigenvalue weighted by Gasteiger charge is 2.49. The Kier molecular flexibility index (Phi) is 8.91. The highest BCUT2D eigenvalue weighted by Crippen LogP contribution is 2.52. The minimum absolute atomic E-state index is 0.0580. The largest absolute Gasteiger partial charge is 0.507 e. The van der Waals surface area contributed by atoms with Crippen LogP contribution in [0.5, 0.6) is 17.2 Å². The molecule has 2 heterocycles. The van der Waals surface area contributed by atoms with E-state index in [1.807, 2.05) is 0 Å². The number of phenolic OH excluding ortho intramolecular Hbond substituents is 2. The highest BCUT2D eigenvalue weighted by atomic mass is 16.7. The van der Waals surface area contributed by atoms with Gasteiger partial charge in [0.1, 0.15) is 34.9 Å². The predicted molar refractivity (Wildman–Crippen MR) is 168 cm³/mol. The molecule has 0 aromatic heterocycles. The Morgan fingerprint density at radius 2 is 1.78 bits per heavy atom. The molecule has 0 fully saturated rings. The number of ether oxygens (including phenoxy) is 3. The number of benzene rings is 2. The zero-order chi connectivity index (χ0) is 36.1. The molecule has 0 radical (unpaired) electrons. The van der Waals surface area contributed by atoms with Gasteiger partial charge >= 0.3 is 0 Å². The number of hydrogen-bond donors (Lipinski definition) is 7. The average molecular weight is 693 g/mol. The molecule has 0 saturated heterocycles. The highest BCUT2D eigenvalue weighted by molar-refractivity contribution is 6.31. The van der Waals surface area contributed by atoms with Crippen molar-refractivity contribution in [2.45, 2.75) is 49.7 Å². The van der Waals surface area contributed by atoms with Crippen molar-refractivity contribution in [3.63, 3.8) is 0 Å². The van der Waals surface area contributed by atoms with E-state index in [0.717, 1.165) is 23.3 Å². The average Bonchev–Trinajstić information content (AvgIpc) is 3.41. The van der Waals surface area contributed by atoms with Gasteiger partial charge in [-0.2, -0.15) is 5.10 Å². The van der Waals surface area contributed by atoms with E-state index in [-0.39, 0.29) is 53.1 Å². The van der Waals surface area contributed by atoms with Crippen LogP contribution in [-0.2, 0) is 30.3 Å². The topological polar surface area (TPSA) is 268 Å². The monoisotopic (exact) mass is 692 g/mol. The van der Waals surface area contributed by atoms with Crippen molar-refractivity contribution in [3.8, 4) is 17.2 Å². The summed E-state index contributed by atoms with van der Waals surface area (Å²) in [6, 6.07) is 3.39. The fourth-order valence-corrected chi connectivity index (χ4v) is 6.48. The van der Waals surface area contributed by atoms with Gasteiger partial charge in [0.05, 0.1) is 48.3 Å². The summed E-state index contributed by atoms with van der Waals surface area (Å²) in [5.41, 5.74) is 3.79. The van der Waals surface area contributed by atoms with Crippen molar-refractivity contribution < 1.29 is 63.7 Å². The quantitative estimate of drug-likeness (QED) is 0.0667.